The van der Waals surface area contributed by atoms with Gasteiger partial charge in [0, 0.05) is 18.5 Å². The van der Waals surface area contributed by atoms with Gasteiger partial charge in [-0.25, -0.2) is 4.98 Å². The molecule has 0 spiro atoms. The highest BCUT2D eigenvalue weighted by atomic mass is 32.1. The Kier molecular flexibility index (Phi) is 3.22. The Morgan fingerprint density at radius 2 is 1.77 bits per heavy atom. The smallest absolute Gasteiger partial charge is 0.260 e. The van der Waals surface area contributed by atoms with Crippen LogP contribution in [0.25, 0.3) is 10.2 Å². The molecular weight excluding hydrogens is 296 g/mol. The van der Waals surface area contributed by atoms with Gasteiger partial charge in [0.15, 0.2) is 0 Å². The van der Waals surface area contributed by atoms with Crippen molar-refractivity contribution in [3.8, 4) is 0 Å². The molecule has 1 saturated heterocycles. The molecular formula is C16H20N4OS. The van der Waals surface area contributed by atoms with E-state index in [-0.39, 0.29) is 0 Å². The third-order valence-electron chi connectivity index (χ3n) is 4.80. The number of fused-ring (bicyclic) bond motifs is 3. The molecule has 1 fully saturated rings. The third kappa shape index (κ3) is 1.97. The van der Waals surface area contributed by atoms with Crippen molar-refractivity contribution in [2.24, 2.45) is 5.73 Å². The normalized spacial score (nSPS) is 17.9. The molecule has 1 aliphatic carbocycles. The van der Waals surface area contributed by atoms with Crippen LogP contribution in [-0.4, -0.2) is 24.0 Å². The van der Waals surface area contributed by atoms with Gasteiger partial charge in [0.2, 0.25) is 0 Å². The molecule has 1 aliphatic heterocycles. The van der Waals surface area contributed by atoms with Crippen LogP contribution < -0.4 is 16.4 Å². The van der Waals surface area contributed by atoms with Crippen molar-refractivity contribution >= 4 is 39.0 Å². The predicted molar refractivity (Wildman–Crippen MR) is 90.6 cm³/mol. The molecule has 2 aliphatic rings. The van der Waals surface area contributed by atoms with Gasteiger partial charge >= 0.3 is 0 Å². The molecule has 22 heavy (non-hydrogen) atoms. The Hall–Kier alpha value is -1.82. The van der Waals surface area contributed by atoms with E-state index in [1.165, 1.54) is 48.1 Å². The first-order valence-corrected chi connectivity index (χ1v) is 8.77. The standard InChI is InChI=1S/C16H20N4OS/c17-12-11-9-5-1-2-6-10(9)15(20-7-3-4-8-20)19-16(11)22-13(12)14(18)21/h1-8,17H2,(H2,18,21). The van der Waals surface area contributed by atoms with E-state index < -0.39 is 5.91 Å². The molecule has 0 unspecified atom stereocenters. The highest BCUT2D eigenvalue weighted by Gasteiger charge is 2.27. The largest absolute Gasteiger partial charge is 0.397 e. The van der Waals surface area contributed by atoms with Gasteiger partial charge in [0.25, 0.3) is 5.91 Å². The van der Waals surface area contributed by atoms with Crippen LogP contribution in [0.15, 0.2) is 0 Å². The number of amides is 1. The lowest BCUT2D eigenvalue weighted by molar-refractivity contribution is 0.100. The molecule has 3 heterocycles. The molecule has 116 valence electrons. The third-order valence-corrected chi connectivity index (χ3v) is 5.92. The van der Waals surface area contributed by atoms with Crippen LogP contribution in [0.1, 0.15) is 46.5 Å². The fourth-order valence-corrected chi connectivity index (χ4v) is 4.74. The molecule has 0 bridgehead atoms. The summed E-state index contributed by atoms with van der Waals surface area (Å²) in [5, 5.41) is 0.983. The first-order valence-electron chi connectivity index (χ1n) is 7.95. The van der Waals surface area contributed by atoms with Crippen molar-refractivity contribution in [1.82, 2.24) is 4.98 Å². The van der Waals surface area contributed by atoms with Gasteiger partial charge in [-0.1, -0.05) is 0 Å². The van der Waals surface area contributed by atoms with E-state index in [1.54, 1.807) is 0 Å². The molecule has 0 radical (unpaired) electrons. The molecule has 0 saturated carbocycles. The molecule has 1 amide bonds. The van der Waals surface area contributed by atoms with Crippen molar-refractivity contribution in [3.05, 3.63) is 16.0 Å². The Morgan fingerprint density at radius 1 is 1.09 bits per heavy atom. The van der Waals surface area contributed by atoms with E-state index >= 15 is 0 Å². The fourth-order valence-electron chi connectivity index (χ4n) is 3.77. The van der Waals surface area contributed by atoms with Crippen molar-refractivity contribution < 1.29 is 4.79 Å². The number of anilines is 2. The second-order valence-corrected chi connectivity index (χ2v) is 7.18. The highest BCUT2D eigenvalue weighted by Crippen LogP contribution is 2.42. The maximum atomic E-state index is 11.6. The first kappa shape index (κ1) is 13.8. The Labute approximate surface area is 133 Å². The van der Waals surface area contributed by atoms with Gasteiger partial charge in [-0.15, -0.1) is 11.3 Å². The zero-order valence-corrected chi connectivity index (χ0v) is 13.3. The van der Waals surface area contributed by atoms with Gasteiger partial charge in [-0.05, 0) is 49.7 Å². The lowest BCUT2D eigenvalue weighted by atomic mass is 9.89. The molecule has 2 aromatic heterocycles. The van der Waals surface area contributed by atoms with Crippen LogP contribution in [0, 0.1) is 0 Å². The second-order valence-electron chi connectivity index (χ2n) is 6.18. The van der Waals surface area contributed by atoms with Crippen molar-refractivity contribution in [2.45, 2.75) is 38.5 Å². The molecule has 5 nitrogen and oxygen atoms in total. The summed E-state index contributed by atoms with van der Waals surface area (Å²) >= 11 is 1.34. The number of nitrogens with two attached hydrogens (primary N) is 2. The van der Waals surface area contributed by atoms with Crippen LogP contribution >= 0.6 is 11.3 Å². The molecule has 0 atom stereocenters. The highest BCUT2D eigenvalue weighted by molar-refractivity contribution is 7.21. The van der Waals surface area contributed by atoms with Gasteiger partial charge in [-0.3, -0.25) is 4.79 Å². The number of carbonyl (C=O) groups is 1. The van der Waals surface area contributed by atoms with E-state index in [1.807, 2.05) is 0 Å². The van der Waals surface area contributed by atoms with Gasteiger partial charge in [0.05, 0.1) is 5.69 Å². The minimum absolute atomic E-state index is 0.451. The Bertz CT molecular complexity index is 761. The summed E-state index contributed by atoms with van der Waals surface area (Å²) in [6.07, 6.45) is 6.92. The monoisotopic (exact) mass is 316 g/mol. The van der Waals surface area contributed by atoms with Crippen molar-refractivity contribution in [3.63, 3.8) is 0 Å². The zero-order chi connectivity index (χ0) is 15.3. The van der Waals surface area contributed by atoms with Crippen LogP contribution in [0.2, 0.25) is 0 Å². The Morgan fingerprint density at radius 3 is 2.45 bits per heavy atom. The minimum atomic E-state index is -0.451. The minimum Gasteiger partial charge on any atom is -0.397 e. The molecule has 0 aromatic carbocycles. The van der Waals surface area contributed by atoms with E-state index in [0.717, 1.165) is 42.0 Å². The van der Waals surface area contributed by atoms with E-state index in [4.69, 9.17) is 16.5 Å². The number of carbonyl (C=O) groups excluding carboxylic acids is 1. The molecule has 2 aromatic rings. The zero-order valence-electron chi connectivity index (χ0n) is 12.5. The Balaban J connectivity index is 1.99. The van der Waals surface area contributed by atoms with E-state index in [0.29, 0.717) is 10.6 Å². The summed E-state index contributed by atoms with van der Waals surface area (Å²) in [6, 6.07) is 0. The SMILES string of the molecule is NC(=O)c1sc2nc(N3CCCC3)c3c(c2c1N)CCCC3. The average Bonchev–Trinajstić information content (AvgIpc) is 3.14. The molecule has 4 rings (SSSR count). The van der Waals surface area contributed by atoms with Gasteiger partial charge in [-0.2, -0.15) is 0 Å². The summed E-state index contributed by atoms with van der Waals surface area (Å²) in [6.45, 7) is 2.16. The van der Waals surface area contributed by atoms with E-state index in [9.17, 15) is 4.79 Å². The van der Waals surface area contributed by atoms with Gasteiger partial charge < -0.3 is 16.4 Å². The number of aromatic nitrogens is 1. The number of hydrogen-bond donors (Lipinski definition) is 2. The topological polar surface area (TPSA) is 85.2 Å². The molecule has 6 heteroatoms. The molecule has 4 N–H and O–H groups in total. The first-order chi connectivity index (χ1) is 10.7. The van der Waals surface area contributed by atoms with Crippen molar-refractivity contribution in [1.29, 1.82) is 0 Å². The second kappa shape index (κ2) is 5.12. The number of nitrogen functional groups attached to an aromatic ring is 1. The maximum Gasteiger partial charge on any atom is 0.260 e. The lowest BCUT2D eigenvalue weighted by Crippen LogP contribution is -2.22. The number of hydrogen-bond acceptors (Lipinski definition) is 5. The average molecular weight is 316 g/mol. The van der Waals surface area contributed by atoms with Crippen LogP contribution in [0.5, 0.6) is 0 Å². The predicted octanol–water partition coefficient (Wildman–Crippen LogP) is 2.46. The van der Waals surface area contributed by atoms with E-state index in [2.05, 4.69) is 4.90 Å². The quantitative estimate of drug-likeness (QED) is 0.891. The van der Waals surface area contributed by atoms with Crippen LogP contribution in [0.3, 0.4) is 0 Å². The van der Waals surface area contributed by atoms with Crippen LogP contribution in [-0.2, 0) is 12.8 Å². The van der Waals surface area contributed by atoms with Gasteiger partial charge in [0.1, 0.15) is 15.5 Å². The lowest BCUT2D eigenvalue weighted by Gasteiger charge is -2.25. The summed E-state index contributed by atoms with van der Waals surface area (Å²) in [5.41, 5.74) is 14.9. The maximum absolute atomic E-state index is 11.6. The number of pyridine rings is 1. The van der Waals surface area contributed by atoms with Crippen LogP contribution in [0.4, 0.5) is 11.5 Å². The number of rotatable bonds is 2. The fraction of sp³-hybridized carbons (Fsp3) is 0.500. The number of aryl methyl sites for hydroxylation is 1. The van der Waals surface area contributed by atoms with Crippen molar-refractivity contribution in [2.75, 3.05) is 23.7 Å². The summed E-state index contributed by atoms with van der Waals surface area (Å²) < 4.78 is 0. The number of nitrogens with zero attached hydrogens (tertiary/aromatic N) is 2. The summed E-state index contributed by atoms with van der Waals surface area (Å²) in [5.74, 6) is 0.671. The summed E-state index contributed by atoms with van der Waals surface area (Å²) in [4.78, 5) is 20.2. The number of thiophene rings is 1. The summed E-state index contributed by atoms with van der Waals surface area (Å²) in [7, 11) is 0. The number of primary amides is 1.